The highest BCUT2D eigenvalue weighted by molar-refractivity contribution is 6.19. The quantitative estimate of drug-likeness (QED) is 0.196. The van der Waals surface area contributed by atoms with Crippen molar-refractivity contribution in [3.05, 3.63) is 41.5 Å². The number of amides is 1. The SMILES string of the molecule is CNC(=O)/C(C=O)=C/C(=N\N(C)CC1CC1)c1ccc(OC)cc1. The summed E-state index contributed by atoms with van der Waals surface area (Å²) in [5.41, 5.74) is 1.40. The number of carbonyl (C=O) groups excluding carboxylic acids is 2. The van der Waals surface area contributed by atoms with Crippen molar-refractivity contribution < 1.29 is 14.3 Å². The molecule has 0 aromatic heterocycles. The van der Waals surface area contributed by atoms with Crippen LogP contribution in [0.3, 0.4) is 0 Å². The summed E-state index contributed by atoms with van der Waals surface area (Å²) < 4.78 is 5.16. The summed E-state index contributed by atoms with van der Waals surface area (Å²) in [4.78, 5) is 23.0. The Morgan fingerprint density at radius 3 is 2.54 bits per heavy atom. The molecule has 0 unspecified atom stereocenters. The van der Waals surface area contributed by atoms with E-state index in [1.54, 1.807) is 7.11 Å². The summed E-state index contributed by atoms with van der Waals surface area (Å²) in [6.07, 6.45) is 4.51. The minimum atomic E-state index is -0.434. The Balaban J connectivity index is 2.34. The maximum atomic E-state index is 11.8. The minimum Gasteiger partial charge on any atom is -0.497 e. The first-order valence-electron chi connectivity index (χ1n) is 7.90. The van der Waals surface area contributed by atoms with Crippen LogP contribution in [-0.4, -0.2) is 50.7 Å². The molecule has 6 nitrogen and oxygen atoms in total. The van der Waals surface area contributed by atoms with Gasteiger partial charge in [0.1, 0.15) is 5.75 Å². The Kier molecular flexibility index (Phi) is 6.12. The molecule has 6 heteroatoms. The normalized spacial score (nSPS) is 15.0. The van der Waals surface area contributed by atoms with Gasteiger partial charge in [-0.1, -0.05) is 0 Å². The van der Waals surface area contributed by atoms with Gasteiger partial charge in [0.05, 0.1) is 18.4 Å². The molecule has 0 saturated heterocycles. The third-order valence-corrected chi connectivity index (χ3v) is 3.79. The maximum Gasteiger partial charge on any atom is 0.254 e. The largest absolute Gasteiger partial charge is 0.497 e. The fourth-order valence-corrected chi connectivity index (χ4v) is 2.28. The van der Waals surface area contributed by atoms with E-state index in [0.29, 0.717) is 17.9 Å². The molecule has 1 aliphatic rings. The number of aldehydes is 1. The first-order chi connectivity index (χ1) is 11.6. The second kappa shape index (κ2) is 8.29. The molecule has 0 spiro atoms. The predicted molar refractivity (Wildman–Crippen MR) is 93.1 cm³/mol. The van der Waals surface area contributed by atoms with Gasteiger partial charge < -0.3 is 10.1 Å². The molecule has 2 rings (SSSR count). The lowest BCUT2D eigenvalue weighted by molar-refractivity contribution is -0.118. The molecule has 1 saturated carbocycles. The number of allylic oxidation sites excluding steroid dienone is 1. The Labute approximate surface area is 142 Å². The zero-order valence-corrected chi connectivity index (χ0v) is 14.3. The molecule has 1 aliphatic carbocycles. The number of ether oxygens (including phenoxy) is 1. The van der Waals surface area contributed by atoms with Gasteiger partial charge in [0, 0.05) is 26.2 Å². The topological polar surface area (TPSA) is 71.0 Å². The molecule has 128 valence electrons. The average Bonchev–Trinajstić information content (AvgIpc) is 3.41. The molecule has 1 aromatic carbocycles. The number of likely N-dealkylation sites (N-methyl/N-ethyl adjacent to an activating group) is 1. The number of hydrazone groups is 1. The second-order valence-electron chi connectivity index (χ2n) is 5.79. The third-order valence-electron chi connectivity index (χ3n) is 3.79. The predicted octanol–water partition coefficient (Wildman–Crippen LogP) is 1.61. The fourth-order valence-electron chi connectivity index (χ4n) is 2.28. The summed E-state index contributed by atoms with van der Waals surface area (Å²) in [5, 5.41) is 8.90. The summed E-state index contributed by atoms with van der Waals surface area (Å²) in [7, 11) is 4.99. The van der Waals surface area contributed by atoms with Gasteiger partial charge in [-0.3, -0.25) is 14.6 Å². The fraction of sp³-hybridized carbons (Fsp3) is 0.389. The van der Waals surface area contributed by atoms with E-state index in [1.165, 1.54) is 26.0 Å². The van der Waals surface area contributed by atoms with E-state index in [-0.39, 0.29) is 5.57 Å². The molecule has 1 amide bonds. The Morgan fingerprint density at radius 1 is 1.38 bits per heavy atom. The third kappa shape index (κ3) is 4.94. The van der Waals surface area contributed by atoms with E-state index < -0.39 is 5.91 Å². The van der Waals surface area contributed by atoms with E-state index in [1.807, 2.05) is 36.3 Å². The number of rotatable bonds is 8. The summed E-state index contributed by atoms with van der Waals surface area (Å²) in [6, 6.07) is 7.34. The highest BCUT2D eigenvalue weighted by atomic mass is 16.5. The summed E-state index contributed by atoms with van der Waals surface area (Å²) in [5.74, 6) is 0.982. The van der Waals surface area contributed by atoms with Crippen molar-refractivity contribution in [3.8, 4) is 5.75 Å². The number of benzene rings is 1. The van der Waals surface area contributed by atoms with Gasteiger partial charge in [-0.25, -0.2) is 0 Å². The van der Waals surface area contributed by atoms with Crippen LogP contribution in [0.5, 0.6) is 5.75 Å². The average molecular weight is 329 g/mol. The van der Waals surface area contributed by atoms with Gasteiger partial charge in [-0.05, 0) is 49.1 Å². The van der Waals surface area contributed by atoms with Crippen LogP contribution in [-0.2, 0) is 9.59 Å². The van der Waals surface area contributed by atoms with Crippen LogP contribution in [0.15, 0.2) is 41.0 Å². The second-order valence-corrected chi connectivity index (χ2v) is 5.79. The number of nitrogens with zero attached hydrogens (tertiary/aromatic N) is 2. The molecule has 0 heterocycles. The number of methoxy groups -OCH3 is 1. The van der Waals surface area contributed by atoms with Crippen LogP contribution >= 0.6 is 0 Å². The smallest absolute Gasteiger partial charge is 0.254 e. The van der Waals surface area contributed by atoms with Crippen LogP contribution in [0.25, 0.3) is 0 Å². The van der Waals surface area contributed by atoms with E-state index in [4.69, 9.17) is 4.74 Å². The molecule has 24 heavy (non-hydrogen) atoms. The van der Waals surface area contributed by atoms with Crippen LogP contribution in [0, 0.1) is 5.92 Å². The van der Waals surface area contributed by atoms with Gasteiger partial charge in [-0.15, -0.1) is 0 Å². The standard InChI is InChI=1S/C18H23N3O3/c1-19-18(23)15(12-22)10-17(20-21(2)11-13-4-5-13)14-6-8-16(24-3)9-7-14/h6-10,12-13H,4-5,11H2,1-3H3,(H,19,23)/b15-10+,20-17+. The van der Waals surface area contributed by atoms with Crippen LogP contribution < -0.4 is 10.1 Å². The number of hydrogen-bond acceptors (Lipinski definition) is 5. The summed E-state index contributed by atoms with van der Waals surface area (Å²) >= 11 is 0. The van der Waals surface area contributed by atoms with Crippen molar-refractivity contribution >= 4 is 17.9 Å². The molecule has 1 fully saturated rings. The van der Waals surface area contributed by atoms with Crippen molar-refractivity contribution in [2.24, 2.45) is 11.0 Å². The zero-order valence-electron chi connectivity index (χ0n) is 14.3. The molecule has 0 atom stereocenters. The van der Waals surface area contributed by atoms with Crippen LogP contribution in [0.2, 0.25) is 0 Å². The van der Waals surface area contributed by atoms with Gasteiger partial charge in [0.2, 0.25) is 0 Å². The Bertz CT molecular complexity index is 646. The van der Waals surface area contributed by atoms with Gasteiger partial charge in [0.15, 0.2) is 6.29 Å². The molecule has 0 bridgehead atoms. The minimum absolute atomic E-state index is 0.0342. The lowest BCUT2D eigenvalue weighted by atomic mass is 10.1. The van der Waals surface area contributed by atoms with E-state index >= 15 is 0 Å². The Morgan fingerprint density at radius 2 is 2.04 bits per heavy atom. The lowest BCUT2D eigenvalue weighted by Gasteiger charge is -2.15. The molecule has 1 N–H and O–H groups in total. The molecule has 1 aromatic rings. The lowest BCUT2D eigenvalue weighted by Crippen LogP contribution is -2.22. The number of nitrogens with one attached hydrogen (secondary N) is 1. The zero-order chi connectivity index (χ0) is 17.5. The molecular weight excluding hydrogens is 306 g/mol. The van der Waals surface area contributed by atoms with Crippen LogP contribution in [0.1, 0.15) is 18.4 Å². The maximum absolute atomic E-state index is 11.8. The van der Waals surface area contributed by atoms with Gasteiger partial charge in [-0.2, -0.15) is 5.10 Å². The monoisotopic (exact) mass is 329 g/mol. The highest BCUT2D eigenvalue weighted by Crippen LogP contribution is 2.29. The van der Waals surface area contributed by atoms with Crippen molar-refractivity contribution in [1.82, 2.24) is 10.3 Å². The summed E-state index contributed by atoms with van der Waals surface area (Å²) in [6.45, 7) is 0.865. The molecule has 0 radical (unpaired) electrons. The van der Waals surface area contributed by atoms with E-state index in [0.717, 1.165) is 17.9 Å². The van der Waals surface area contributed by atoms with Crippen molar-refractivity contribution in [2.45, 2.75) is 12.8 Å². The van der Waals surface area contributed by atoms with Crippen molar-refractivity contribution in [1.29, 1.82) is 0 Å². The Hall–Kier alpha value is -2.63. The molecular formula is C18H23N3O3. The molecule has 0 aliphatic heterocycles. The first kappa shape index (κ1) is 17.7. The van der Waals surface area contributed by atoms with Crippen molar-refractivity contribution in [2.75, 3.05) is 27.7 Å². The van der Waals surface area contributed by atoms with Gasteiger partial charge in [0.25, 0.3) is 5.91 Å². The van der Waals surface area contributed by atoms with Gasteiger partial charge >= 0.3 is 0 Å². The highest BCUT2D eigenvalue weighted by Gasteiger charge is 2.22. The van der Waals surface area contributed by atoms with Crippen molar-refractivity contribution in [3.63, 3.8) is 0 Å². The van der Waals surface area contributed by atoms with E-state index in [9.17, 15) is 9.59 Å². The van der Waals surface area contributed by atoms with Crippen LogP contribution in [0.4, 0.5) is 0 Å². The first-order valence-corrected chi connectivity index (χ1v) is 7.90. The van der Waals surface area contributed by atoms with E-state index in [2.05, 4.69) is 10.4 Å². The number of hydrogen-bond donors (Lipinski definition) is 1. The number of carbonyl (C=O) groups is 2.